The number of carbonyl (C=O) groups excluding carboxylic acids is 1. The van der Waals surface area contributed by atoms with Crippen LogP contribution in [-0.2, 0) is 4.79 Å². The van der Waals surface area contributed by atoms with Gasteiger partial charge in [-0.25, -0.2) is 0 Å². The van der Waals surface area contributed by atoms with Gasteiger partial charge < -0.3 is 17.2 Å². The molecule has 1 nitrogen and oxygen atoms in total. The van der Waals surface area contributed by atoms with Gasteiger partial charge in [-0.3, -0.25) is 0 Å². The predicted molar refractivity (Wildman–Crippen MR) is 7.12 cm³/mol. The van der Waals surface area contributed by atoms with Crippen LogP contribution in [0.15, 0.2) is 0 Å². The molecule has 0 saturated carbocycles. The minimum Gasteiger partial charge on any atom is -1.00 e. The molecular weight excluding hydrogens is 86.5 g/mol. The minimum atomic E-state index is 0. The Balaban J connectivity index is -0.00000000500. The summed E-state index contributed by atoms with van der Waals surface area (Å²) in [4.78, 5) is 8.00. The second-order valence-corrected chi connectivity index (χ2v) is 0. The Kier molecular flexibility index (Phi) is 191. The first kappa shape index (κ1) is 20.2. The topological polar surface area (TPSA) is 17.1 Å². The number of halogens is 1. The molecule has 0 rings (SSSR count). The number of rotatable bonds is 0. The molecule has 0 heterocycles. The van der Waals surface area contributed by atoms with E-state index < -0.39 is 0 Å². The maximum atomic E-state index is 8.00. The number of hydrogen-bond acceptors (Lipinski definition) is 1. The quantitative estimate of drug-likeness (QED) is 0.269. The van der Waals surface area contributed by atoms with Gasteiger partial charge in [0.15, 0.2) is 0 Å². The van der Waals surface area contributed by atoms with Gasteiger partial charge in [-0.15, -0.1) is 0 Å². The largest absolute Gasteiger partial charge is 1.00 e. The maximum Gasteiger partial charge on any atom is 1.00 e. The predicted octanol–water partition coefficient (Wildman–Crippen LogP) is -6.18. The van der Waals surface area contributed by atoms with E-state index in [1.54, 1.807) is 0 Å². The fraction of sp³-hybridized carbons (Fsp3) is 0. The second kappa shape index (κ2) is 37.6. The van der Waals surface area contributed by atoms with Crippen molar-refractivity contribution in [2.75, 3.05) is 0 Å². The first-order chi connectivity index (χ1) is 1.00. The van der Waals surface area contributed by atoms with Gasteiger partial charge in [-0.05, 0) is 0 Å². The van der Waals surface area contributed by atoms with Crippen LogP contribution in [0.4, 0.5) is 0 Å². The van der Waals surface area contributed by atoms with Crippen LogP contribution < -0.4 is 42.0 Å². The molecule has 0 N–H and O–H groups in total. The summed E-state index contributed by atoms with van der Waals surface area (Å²) in [5, 5.41) is 0. The fourth-order valence-corrected chi connectivity index (χ4v) is 0. The normalized spacial score (nSPS) is 1.00. The van der Waals surface area contributed by atoms with E-state index in [1.807, 2.05) is 6.79 Å². The van der Waals surface area contributed by atoms with E-state index in [1.165, 1.54) is 0 Å². The van der Waals surface area contributed by atoms with E-state index >= 15 is 0 Å². The van der Waals surface area contributed by atoms with Crippen molar-refractivity contribution in [3.05, 3.63) is 0 Å². The molecule has 0 unspecified atom stereocenters. The fourth-order valence-electron chi connectivity index (χ4n) is 0. The number of hydrogen-bond donors (Lipinski definition) is 0. The third-order valence-electron chi connectivity index (χ3n) is 0. The van der Waals surface area contributed by atoms with Crippen LogP contribution in [0.5, 0.6) is 0 Å². The molecule has 0 radical (unpaired) electrons. The van der Waals surface area contributed by atoms with Crippen LogP contribution in [0.2, 0.25) is 0 Å². The molecule has 0 aliphatic carbocycles. The van der Waals surface area contributed by atoms with Crippen LogP contribution in [0.1, 0.15) is 0 Å². The van der Waals surface area contributed by atoms with Crippen molar-refractivity contribution in [3.63, 3.8) is 0 Å². The first-order valence-corrected chi connectivity index (χ1v) is 0.289. The molecule has 0 aromatic heterocycles. The Morgan fingerprint density at radius 3 is 1.25 bits per heavy atom. The van der Waals surface area contributed by atoms with Crippen LogP contribution in [0, 0.1) is 0 Å². The maximum absolute atomic E-state index is 8.00. The van der Waals surface area contributed by atoms with Crippen molar-refractivity contribution < 1.29 is 46.8 Å². The molecule has 0 fully saturated rings. The summed E-state index contributed by atoms with van der Waals surface area (Å²) in [6.07, 6.45) is 0. The van der Waals surface area contributed by atoms with E-state index in [-0.39, 0.29) is 42.0 Å². The first-order valence-electron chi connectivity index (χ1n) is 0.289. The molecule has 20 valence electrons. The van der Waals surface area contributed by atoms with E-state index in [4.69, 9.17) is 4.79 Å². The van der Waals surface area contributed by atoms with Gasteiger partial charge in [0.2, 0.25) is 0 Å². The van der Waals surface area contributed by atoms with Crippen LogP contribution in [0.3, 0.4) is 0 Å². The Hall–Kier alpha value is 0.960. The van der Waals surface area contributed by atoms with E-state index in [0.717, 1.165) is 0 Å². The summed E-state index contributed by atoms with van der Waals surface area (Å²) in [5.74, 6) is 0. The molecule has 0 amide bonds. The second-order valence-electron chi connectivity index (χ2n) is 0. The molecule has 0 atom stereocenters. The standard InChI is InChI=1S/CH2O.ClH.Na/c1-2;;/h1H2;1H;/q;;+1/p-1. The average molecular weight is 88.5 g/mol. The van der Waals surface area contributed by atoms with Gasteiger partial charge in [0.25, 0.3) is 0 Å². The summed E-state index contributed by atoms with van der Waals surface area (Å²) in [6, 6.07) is 0. The van der Waals surface area contributed by atoms with Crippen molar-refractivity contribution in [1.29, 1.82) is 0 Å². The molecule has 0 aliphatic rings. The van der Waals surface area contributed by atoms with E-state index in [2.05, 4.69) is 0 Å². The Labute approximate surface area is 53.5 Å². The van der Waals surface area contributed by atoms with Crippen LogP contribution in [-0.4, -0.2) is 6.79 Å². The zero-order chi connectivity index (χ0) is 2.00. The Morgan fingerprint density at radius 1 is 1.25 bits per heavy atom. The minimum absolute atomic E-state index is 0. The summed E-state index contributed by atoms with van der Waals surface area (Å²) in [6.45, 7) is 2.00. The van der Waals surface area contributed by atoms with Gasteiger partial charge in [0.05, 0.1) is 0 Å². The van der Waals surface area contributed by atoms with Crippen molar-refractivity contribution in [2.24, 2.45) is 0 Å². The van der Waals surface area contributed by atoms with Gasteiger partial charge >= 0.3 is 29.6 Å². The molecule has 0 aliphatic heterocycles. The number of carbonyl (C=O) groups is 1. The monoisotopic (exact) mass is 88.0 g/mol. The summed E-state index contributed by atoms with van der Waals surface area (Å²) >= 11 is 0. The molecule has 3 heteroatoms. The summed E-state index contributed by atoms with van der Waals surface area (Å²) in [7, 11) is 0. The van der Waals surface area contributed by atoms with Gasteiger partial charge in [-0.1, -0.05) is 0 Å². The summed E-state index contributed by atoms with van der Waals surface area (Å²) < 4.78 is 0. The molecule has 0 spiro atoms. The van der Waals surface area contributed by atoms with Gasteiger partial charge in [-0.2, -0.15) is 0 Å². The Bertz CT molecular complexity index is 8.00. The average Bonchev–Trinajstić information content (AvgIpc) is 1.00. The Morgan fingerprint density at radius 2 is 1.25 bits per heavy atom. The zero-order valence-corrected chi connectivity index (χ0v) is 5.25. The third-order valence-corrected chi connectivity index (χ3v) is 0. The van der Waals surface area contributed by atoms with Crippen molar-refractivity contribution in [3.8, 4) is 0 Å². The van der Waals surface area contributed by atoms with Gasteiger partial charge in [0.1, 0.15) is 6.79 Å². The zero-order valence-electron chi connectivity index (χ0n) is 2.49. The summed E-state index contributed by atoms with van der Waals surface area (Å²) in [5.41, 5.74) is 0. The molecular formula is CH2ClNaO. The molecule has 0 saturated heterocycles. The molecule has 4 heavy (non-hydrogen) atoms. The van der Waals surface area contributed by atoms with Crippen molar-refractivity contribution >= 4 is 6.79 Å². The third kappa shape index (κ3) is 12.3. The van der Waals surface area contributed by atoms with Crippen LogP contribution in [0.25, 0.3) is 0 Å². The van der Waals surface area contributed by atoms with E-state index in [0.29, 0.717) is 0 Å². The van der Waals surface area contributed by atoms with Gasteiger partial charge in [0, 0.05) is 0 Å². The molecule has 0 aromatic carbocycles. The van der Waals surface area contributed by atoms with Crippen molar-refractivity contribution in [1.82, 2.24) is 0 Å². The van der Waals surface area contributed by atoms with Crippen LogP contribution >= 0.6 is 0 Å². The molecule has 0 bridgehead atoms. The smallest absolute Gasteiger partial charge is 1.00 e. The van der Waals surface area contributed by atoms with Crippen molar-refractivity contribution in [2.45, 2.75) is 0 Å². The van der Waals surface area contributed by atoms with E-state index in [9.17, 15) is 0 Å². The SMILES string of the molecule is C=O.[Cl-].[Na+]. The molecule has 0 aromatic rings.